The molecule has 0 radical (unpaired) electrons. The van der Waals surface area contributed by atoms with Crippen molar-refractivity contribution in [3.63, 3.8) is 0 Å². The van der Waals surface area contributed by atoms with Crippen molar-refractivity contribution < 1.29 is 9.90 Å². The second kappa shape index (κ2) is 5.74. The summed E-state index contributed by atoms with van der Waals surface area (Å²) >= 11 is 0. The fourth-order valence-electron chi connectivity index (χ4n) is 2.92. The smallest absolute Gasteiger partial charge is 0.254 e. The predicted molar refractivity (Wildman–Crippen MR) is 76.4 cm³/mol. The molecule has 0 heterocycles. The zero-order valence-corrected chi connectivity index (χ0v) is 12.1. The van der Waals surface area contributed by atoms with Gasteiger partial charge in [0, 0.05) is 18.2 Å². The summed E-state index contributed by atoms with van der Waals surface area (Å²) in [4.78, 5) is 14.6. The second-order valence-electron chi connectivity index (χ2n) is 5.58. The van der Waals surface area contributed by atoms with Crippen LogP contribution in [-0.2, 0) is 0 Å². The lowest BCUT2D eigenvalue weighted by Gasteiger charge is -2.37. The molecule has 0 aliphatic heterocycles. The van der Waals surface area contributed by atoms with Gasteiger partial charge in [0.15, 0.2) is 0 Å². The quantitative estimate of drug-likeness (QED) is 0.905. The van der Waals surface area contributed by atoms with Gasteiger partial charge in [-0.3, -0.25) is 4.79 Å². The molecule has 1 fully saturated rings. The number of aliphatic hydroxyl groups excluding tert-OH is 1. The van der Waals surface area contributed by atoms with E-state index in [2.05, 4.69) is 12.1 Å². The molecule has 0 bridgehead atoms. The van der Waals surface area contributed by atoms with Gasteiger partial charge < -0.3 is 10.0 Å². The molecule has 0 saturated heterocycles. The molecule has 3 heteroatoms. The average molecular weight is 261 g/mol. The number of rotatable bonds is 4. The third-order valence-corrected chi connectivity index (χ3v) is 4.01. The number of aliphatic hydroxyl groups is 1. The van der Waals surface area contributed by atoms with Crippen molar-refractivity contribution in [3.8, 4) is 0 Å². The van der Waals surface area contributed by atoms with E-state index in [1.165, 1.54) is 12.0 Å². The molecular weight excluding hydrogens is 238 g/mol. The van der Waals surface area contributed by atoms with E-state index >= 15 is 0 Å². The summed E-state index contributed by atoms with van der Waals surface area (Å²) in [6.07, 6.45) is 3.32. The Bertz CT molecular complexity index is 455. The standard InChI is InChI=1S/C16H23NO2/c1-11-9-12(2)15(13(3)10-11)16(19)17(7-8-18)14-5-4-6-14/h9-10,14,18H,4-8H2,1-3H3. The van der Waals surface area contributed by atoms with Crippen LogP contribution in [0.3, 0.4) is 0 Å². The summed E-state index contributed by atoms with van der Waals surface area (Å²) in [7, 11) is 0. The summed E-state index contributed by atoms with van der Waals surface area (Å²) in [5, 5.41) is 9.19. The van der Waals surface area contributed by atoms with E-state index < -0.39 is 0 Å². The highest BCUT2D eigenvalue weighted by Crippen LogP contribution is 2.27. The highest BCUT2D eigenvalue weighted by molar-refractivity contribution is 5.97. The van der Waals surface area contributed by atoms with Crippen molar-refractivity contribution in [2.75, 3.05) is 13.2 Å². The van der Waals surface area contributed by atoms with Crippen molar-refractivity contribution in [3.05, 3.63) is 34.4 Å². The number of nitrogens with zero attached hydrogens (tertiary/aromatic N) is 1. The topological polar surface area (TPSA) is 40.5 Å². The Labute approximate surface area is 115 Å². The fourth-order valence-corrected chi connectivity index (χ4v) is 2.92. The van der Waals surface area contributed by atoms with Crippen molar-refractivity contribution >= 4 is 5.91 Å². The van der Waals surface area contributed by atoms with E-state index in [4.69, 9.17) is 0 Å². The summed E-state index contributed by atoms with van der Waals surface area (Å²) in [5.41, 5.74) is 4.06. The molecular formula is C16H23NO2. The Morgan fingerprint density at radius 2 is 1.84 bits per heavy atom. The normalized spacial score (nSPS) is 15.2. The molecule has 1 aliphatic carbocycles. The second-order valence-corrected chi connectivity index (χ2v) is 5.58. The van der Waals surface area contributed by atoms with Gasteiger partial charge in [0.25, 0.3) is 5.91 Å². The first-order chi connectivity index (χ1) is 9.04. The van der Waals surface area contributed by atoms with Crippen LogP contribution in [0.4, 0.5) is 0 Å². The van der Waals surface area contributed by atoms with Crippen molar-refractivity contribution in [2.24, 2.45) is 0 Å². The lowest BCUT2D eigenvalue weighted by Crippen LogP contribution is -2.46. The largest absolute Gasteiger partial charge is 0.395 e. The van der Waals surface area contributed by atoms with Crippen LogP contribution in [0.15, 0.2) is 12.1 Å². The maximum absolute atomic E-state index is 12.7. The van der Waals surface area contributed by atoms with Crippen LogP contribution >= 0.6 is 0 Å². The van der Waals surface area contributed by atoms with E-state index in [9.17, 15) is 9.90 Å². The number of carbonyl (C=O) groups is 1. The van der Waals surface area contributed by atoms with E-state index in [1.54, 1.807) is 0 Å². The van der Waals surface area contributed by atoms with Gasteiger partial charge >= 0.3 is 0 Å². The molecule has 0 aromatic heterocycles. The summed E-state index contributed by atoms with van der Waals surface area (Å²) in [5.74, 6) is 0.0775. The first kappa shape index (κ1) is 14.1. The molecule has 1 N–H and O–H groups in total. The Balaban J connectivity index is 2.31. The fraction of sp³-hybridized carbons (Fsp3) is 0.562. The predicted octanol–water partition coefficient (Wildman–Crippen LogP) is 2.60. The number of benzene rings is 1. The number of hydrogen-bond acceptors (Lipinski definition) is 2. The summed E-state index contributed by atoms with van der Waals surface area (Å²) in [6, 6.07) is 4.43. The Morgan fingerprint density at radius 1 is 1.26 bits per heavy atom. The molecule has 19 heavy (non-hydrogen) atoms. The molecule has 0 atom stereocenters. The molecule has 1 aromatic rings. The molecule has 2 rings (SSSR count). The van der Waals surface area contributed by atoms with Gasteiger partial charge in [-0.05, 0) is 51.2 Å². The van der Waals surface area contributed by atoms with Crippen molar-refractivity contribution in [1.29, 1.82) is 0 Å². The van der Waals surface area contributed by atoms with Gasteiger partial charge in [-0.2, -0.15) is 0 Å². The minimum Gasteiger partial charge on any atom is -0.395 e. The Hall–Kier alpha value is -1.35. The van der Waals surface area contributed by atoms with Gasteiger partial charge in [-0.1, -0.05) is 17.7 Å². The van der Waals surface area contributed by atoms with Crippen molar-refractivity contribution in [2.45, 2.75) is 46.1 Å². The van der Waals surface area contributed by atoms with Crippen LogP contribution in [0.2, 0.25) is 0 Å². The highest BCUT2D eigenvalue weighted by atomic mass is 16.3. The minimum absolute atomic E-state index is 0.0339. The van der Waals surface area contributed by atoms with Crippen molar-refractivity contribution in [1.82, 2.24) is 4.90 Å². The van der Waals surface area contributed by atoms with Gasteiger partial charge in [0.05, 0.1) is 6.61 Å². The zero-order chi connectivity index (χ0) is 14.0. The van der Waals surface area contributed by atoms with E-state index in [0.717, 1.165) is 29.5 Å². The summed E-state index contributed by atoms with van der Waals surface area (Å²) < 4.78 is 0. The molecule has 1 aromatic carbocycles. The van der Waals surface area contributed by atoms with Gasteiger partial charge in [-0.15, -0.1) is 0 Å². The van der Waals surface area contributed by atoms with Crippen LogP contribution in [0, 0.1) is 20.8 Å². The first-order valence-electron chi connectivity index (χ1n) is 7.04. The van der Waals surface area contributed by atoms with Crippen LogP contribution in [0.25, 0.3) is 0 Å². The van der Waals surface area contributed by atoms with Crippen LogP contribution in [0.1, 0.15) is 46.3 Å². The van der Waals surface area contributed by atoms with Gasteiger partial charge in [0.2, 0.25) is 0 Å². The molecule has 0 spiro atoms. The van der Waals surface area contributed by atoms with E-state index in [-0.39, 0.29) is 12.5 Å². The maximum atomic E-state index is 12.7. The van der Waals surface area contributed by atoms with Gasteiger partial charge in [0.1, 0.15) is 0 Å². The lowest BCUT2D eigenvalue weighted by molar-refractivity contribution is 0.0524. The Kier molecular flexibility index (Phi) is 4.25. The summed E-state index contributed by atoms with van der Waals surface area (Å²) in [6.45, 7) is 6.50. The lowest BCUT2D eigenvalue weighted by atomic mass is 9.90. The zero-order valence-electron chi connectivity index (χ0n) is 12.1. The molecule has 1 saturated carbocycles. The SMILES string of the molecule is Cc1cc(C)c(C(=O)N(CCO)C2CCC2)c(C)c1. The number of amides is 1. The number of hydrogen-bond donors (Lipinski definition) is 1. The molecule has 1 amide bonds. The third kappa shape index (κ3) is 2.81. The molecule has 0 unspecified atom stereocenters. The maximum Gasteiger partial charge on any atom is 0.254 e. The molecule has 3 nitrogen and oxygen atoms in total. The van der Waals surface area contributed by atoms with Crippen LogP contribution in [-0.4, -0.2) is 35.1 Å². The van der Waals surface area contributed by atoms with Crippen LogP contribution < -0.4 is 0 Å². The van der Waals surface area contributed by atoms with E-state index in [0.29, 0.717) is 12.6 Å². The monoisotopic (exact) mass is 261 g/mol. The Morgan fingerprint density at radius 3 is 2.26 bits per heavy atom. The third-order valence-electron chi connectivity index (χ3n) is 4.01. The molecule has 1 aliphatic rings. The van der Waals surface area contributed by atoms with Gasteiger partial charge in [-0.25, -0.2) is 0 Å². The average Bonchev–Trinajstić information content (AvgIpc) is 2.24. The first-order valence-corrected chi connectivity index (χ1v) is 7.04. The number of carbonyl (C=O) groups excluding carboxylic acids is 1. The van der Waals surface area contributed by atoms with E-state index in [1.807, 2.05) is 25.7 Å². The minimum atomic E-state index is 0.0339. The number of aryl methyl sites for hydroxylation is 3. The van der Waals surface area contributed by atoms with Crippen LogP contribution in [0.5, 0.6) is 0 Å². The molecule has 104 valence electrons. The highest BCUT2D eigenvalue weighted by Gasteiger charge is 2.30.